The number of ether oxygens (including phenoxy) is 4. The predicted octanol–water partition coefficient (Wildman–Crippen LogP) is 2.03. The number of carbonyl (C=O) groups is 2. The monoisotopic (exact) mass is 494 g/mol. The SMILES string of the molecule is CC(=O)c1ccc2c(c1)OCC(CO)O2.CC(=O)c1ccc2c(c1)OCC(COS(C)(=O)=O)O2. The van der Waals surface area contributed by atoms with Gasteiger partial charge in [-0.05, 0) is 50.2 Å². The number of hydrogen-bond acceptors (Lipinski definition) is 10. The highest BCUT2D eigenvalue weighted by Crippen LogP contribution is 2.33. The molecule has 0 spiro atoms. The summed E-state index contributed by atoms with van der Waals surface area (Å²) >= 11 is 0. The van der Waals surface area contributed by atoms with Gasteiger partial charge in [-0.2, -0.15) is 8.42 Å². The molecule has 184 valence electrons. The second-order valence-corrected chi connectivity index (χ2v) is 9.35. The molecule has 2 aromatic rings. The molecule has 2 atom stereocenters. The summed E-state index contributed by atoms with van der Waals surface area (Å²) in [5, 5.41) is 8.90. The van der Waals surface area contributed by atoms with Crippen molar-refractivity contribution in [2.24, 2.45) is 0 Å². The van der Waals surface area contributed by atoms with Crippen molar-refractivity contribution in [1.82, 2.24) is 0 Å². The molecule has 0 aromatic heterocycles. The van der Waals surface area contributed by atoms with Crippen LogP contribution >= 0.6 is 0 Å². The van der Waals surface area contributed by atoms with Crippen LogP contribution in [-0.2, 0) is 14.3 Å². The molecule has 2 aliphatic rings. The Morgan fingerprint density at radius 1 is 0.882 bits per heavy atom. The number of Topliss-reactive ketones (excluding diaryl/α,β-unsaturated/α-hetero) is 2. The highest BCUT2D eigenvalue weighted by atomic mass is 32.2. The molecule has 0 aliphatic carbocycles. The fraction of sp³-hybridized carbons (Fsp3) is 0.391. The smallest absolute Gasteiger partial charge is 0.264 e. The lowest BCUT2D eigenvalue weighted by Crippen LogP contribution is -2.34. The van der Waals surface area contributed by atoms with E-state index in [0.717, 1.165) is 6.26 Å². The molecule has 0 bridgehead atoms. The van der Waals surface area contributed by atoms with Crippen molar-refractivity contribution < 1.29 is 46.2 Å². The van der Waals surface area contributed by atoms with Crippen LogP contribution in [0.15, 0.2) is 36.4 Å². The Hall–Kier alpha value is -3.15. The van der Waals surface area contributed by atoms with Gasteiger partial charge in [0.1, 0.15) is 19.8 Å². The van der Waals surface area contributed by atoms with Gasteiger partial charge in [0.25, 0.3) is 10.1 Å². The molecule has 0 saturated carbocycles. The lowest BCUT2D eigenvalue weighted by atomic mass is 10.1. The molecular weight excluding hydrogens is 468 g/mol. The summed E-state index contributed by atoms with van der Waals surface area (Å²) in [4.78, 5) is 22.3. The predicted molar refractivity (Wildman–Crippen MR) is 121 cm³/mol. The fourth-order valence-corrected chi connectivity index (χ4v) is 3.44. The Balaban J connectivity index is 0.000000196. The van der Waals surface area contributed by atoms with Crippen LogP contribution in [0.25, 0.3) is 0 Å². The number of benzene rings is 2. The van der Waals surface area contributed by atoms with Crippen LogP contribution in [0.2, 0.25) is 0 Å². The van der Waals surface area contributed by atoms with Crippen molar-refractivity contribution in [3.05, 3.63) is 47.5 Å². The van der Waals surface area contributed by atoms with E-state index >= 15 is 0 Å². The van der Waals surface area contributed by atoms with Crippen LogP contribution in [-0.4, -0.2) is 70.0 Å². The van der Waals surface area contributed by atoms with Crippen LogP contribution in [0, 0.1) is 0 Å². The van der Waals surface area contributed by atoms with Crippen LogP contribution in [0.1, 0.15) is 34.6 Å². The van der Waals surface area contributed by atoms with E-state index < -0.39 is 16.2 Å². The van der Waals surface area contributed by atoms with Crippen molar-refractivity contribution in [1.29, 1.82) is 0 Å². The molecule has 4 rings (SSSR count). The third-order valence-corrected chi connectivity index (χ3v) is 5.37. The third-order valence-electron chi connectivity index (χ3n) is 4.81. The van der Waals surface area contributed by atoms with Crippen LogP contribution in [0.4, 0.5) is 0 Å². The van der Waals surface area contributed by atoms with Gasteiger partial charge in [0.2, 0.25) is 0 Å². The third kappa shape index (κ3) is 6.92. The number of fused-ring (bicyclic) bond motifs is 2. The summed E-state index contributed by atoms with van der Waals surface area (Å²) in [6.07, 6.45) is 0.162. The highest BCUT2D eigenvalue weighted by molar-refractivity contribution is 7.85. The Morgan fingerprint density at radius 2 is 1.35 bits per heavy atom. The summed E-state index contributed by atoms with van der Waals surface area (Å²) in [7, 11) is -3.50. The number of ketones is 2. The van der Waals surface area contributed by atoms with Crippen molar-refractivity contribution in [3.63, 3.8) is 0 Å². The first-order valence-electron chi connectivity index (χ1n) is 10.4. The van der Waals surface area contributed by atoms with Crippen LogP contribution < -0.4 is 18.9 Å². The summed E-state index contributed by atoms with van der Waals surface area (Å²) in [5.41, 5.74) is 1.13. The van der Waals surface area contributed by atoms with E-state index in [1.54, 1.807) is 36.4 Å². The summed E-state index contributed by atoms with van der Waals surface area (Å²) < 4.78 is 48.2. The Morgan fingerprint density at radius 3 is 1.79 bits per heavy atom. The zero-order valence-electron chi connectivity index (χ0n) is 19.0. The van der Waals surface area contributed by atoms with E-state index in [-0.39, 0.29) is 37.5 Å². The molecule has 2 heterocycles. The molecule has 0 saturated heterocycles. The molecule has 1 N–H and O–H groups in total. The van der Waals surface area contributed by atoms with Gasteiger partial charge in [0, 0.05) is 11.1 Å². The lowest BCUT2D eigenvalue weighted by molar-refractivity contribution is 0.0455. The number of hydrogen-bond donors (Lipinski definition) is 1. The normalized spacial score (nSPS) is 18.4. The van der Waals surface area contributed by atoms with E-state index in [4.69, 9.17) is 24.1 Å². The minimum atomic E-state index is -3.50. The second-order valence-electron chi connectivity index (χ2n) is 7.71. The molecule has 10 nitrogen and oxygen atoms in total. The van der Waals surface area contributed by atoms with Gasteiger partial charge in [-0.1, -0.05) is 0 Å². The first-order chi connectivity index (χ1) is 16.1. The van der Waals surface area contributed by atoms with Crippen LogP contribution in [0.3, 0.4) is 0 Å². The van der Waals surface area contributed by atoms with E-state index in [2.05, 4.69) is 4.18 Å². The number of aliphatic hydroxyl groups excluding tert-OH is 1. The summed E-state index contributed by atoms with van der Waals surface area (Å²) in [6, 6.07) is 9.89. The first kappa shape index (κ1) is 25.5. The molecule has 11 heteroatoms. The van der Waals surface area contributed by atoms with E-state index in [1.165, 1.54) is 13.8 Å². The Labute approximate surface area is 197 Å². The number of rotatable bonds is 6. The van der Waals surface area contributed by atoms with Crippen molar-refractivity contribution in [2.75, 3.05) is 32.7 Å². The first-order valence-corrected chi connectivity index (χ1v) is 12.2. The molecular formula is C23H26O10S. The minimum Gasteiger partial charge on any atom is -0.486 e. The van der Waals surface area contributed by atoms with E-state index in [9.17, 15) is 18.0 Å². The van der Waals surface area contributed by atoms with Crippen LogP contribution in [0.5, 0.6) is 23.0 Å². The molecule has 0 amide bonds. The summed E-state index contributed by atoms with van der Waals surface area (Å²) in [6.45, 7) is 3.27. The topological polar surface area (TPSA) is 135 Å². The summed E-state index contributed by atoms with van der Waals surface area (Å²) in [5.74, 6) is 2.01. The quantitative estimate of drug-likeness (QED) is 0.469. The fourth-order valence-electron chi connectivity index (χ4n) is 3.04. The molecule has 2 unspecified atom stereocenters. The van der Waals surface area contributed by atoms with Gasteiger partial charge < -0.3 is 24.1 Å². The average molecular weight is 495 g/mol. The standard InChI is InChI=1S/C12H14O6S.C11H12O4/c1-8(13)9-3-4-11-12(5-9)16-6-10(18-11)7-17-19(2,14)15;1-7(13)8-2-3-10-11(4-8)14-6-9(5-12)15-10/h3-5,10H,6-7H2,1-2H3;2-4,9,12H,5-6H2,1H3. The molecule has 34 heavy (non-hydrogen) atoms. The van der Waals surface area contributed by atoms with Gasteiger partial charge in [0.05, 0.1) is 12.9 Å². The largest absolute Gasteiger partial charge is 0.486 e. The Bertz CT molecular complexity index is 1160. The van der Waals surface area contributed by atoms with Gasteiger partial charge in [-0.3, -0.25) is 13.8 Å². The maximum absolute atomic E-state index is 11.2. The maximum Gasteiger partial charge on any atom is 0.264 e. The molecule has 0 radical (unpaired) electrons. The van der Waals surface area contributed by atoms with Crippen molar-refractivity contribution >= 4 is 21.7 Å². The zero-order chi connectivity index (χ0) is 24.9. The van der Waals surface area contributed by atoms with Crippen molar-refractivity contribution in [2.45, 2.75) is 26.1 Å². The number of carbonyl (C=O) groups excluding carboxylic acids is 2. The van der Waals surface area contributed by atoms with E-state index in [1.807, 2.05) is 0 Å². The molecule has 0 fully saturated rings. The maximum atomic E-state index is 11.2. The Kier molecular flexibility index (Phi) is 8.13. The van der Waals surface area contributed by atoms with Gasteiger partial charge in [-0.15, -0.1) is 0 Å². The average Bonchev–Trinajstić information content (AvgIpc) is 2.81. The minimum absolute atomic E-state index is 0.00863. The van der Waals surface area contributed by atoms with E-state index in [0.29, 0.717) is 40.7 Å². The molecule has 2 aromatic carbocycles. The van der Waals surface area contributed by atoms with Gasteiger partial charge in [-0.25, -0.2) is 0 Å². The molecule has 2 aliphatic heterocycles. The second kappa shape index (κ2) is 10.9. The van der Waals surface area contributed by atoms with Crippen molar-refractivity contribution in [3.8, 4) is 23.0 Å². The number of aliphatic hydroxyl groups is 1. The zero-order valence-corrected chi connectivity index (χ0v) is 19.8. The highest BCUT2D eigenvalue weighted by Gasteiger charge is 2.23. The van der Waals surface area contributed by atoms with Gasteiger partial charge >= 0.3 is 0 Å². The van der Waals surface area contributed by atoms with Gasteiger partial charge in [0.15, 0.2) is 46.8 Å². The lowest BCUT2D eigenvalue weighted by Gasteiger charge is -2.26.